The van der Waals surface area contributed by atoms with Gasteiger partial charge in [-0.15, -0.1) is 0 Å². The molecule has 7 heteroatoms. The summed E-state index contributed by atoms with van der Waals surface area (Å²) in [5.74, 6) is -1.82. The molecular weight excluding hydrogens is 240 g/mol. The number of hydrogen-bond acceptors (Lipinski definition) is 4. The molecule has 0 unspecified atom stereocenters. The molecule has 0 aliphatic carbocycles. The first-order valence-corrected chi connectivity index (χ1v) is 5.12. The van der Waals surface area contributed by atoms with Crippen molar-refractivity contribution in [1.29, 1.82) is 0 Å². The van der Waals surface area contributed by atoms with Gasteiger partial charge < -0.3 is 10.4 Å². The summed E-state index contributed by atoms with van der Waals surface area (Å²) in [6, 6.07) is 3.01. The average Bonchev–Trinajstić information content (AvgIpc) is 2.28. The number of carboxylic acids is 1. The summed E-state index contributed by atoms with van der Waals surface area (Å²) >= 11 is 0. The molecule has 1 aromatic rings. The highest BCUT2D eigenvalue weighted by molar-refractivity contribution is 5.98. The molecule has 1 amide bonds. The van der Waals surface area contributed by atoms with Crippen LogP contribution in [0.15, 0.2) is 18.2 Å². The SMILES string of the molecule is Cc1c(C(=O)N[C@H](C)C(=O)O)cccc1[N+](=O)[O-]. The highest BCUT2D eigenvalue weighted by Gasteiger charge is 2.20. The van der Waals surface area contributed by atoms with Gasteiger partial charge in [0, 0.05) is 17.2 Å². The quantitative estimate of drug-likeness (QED) is 0.616. The second-order valence-electron chi connectivity index (χ2n) is 3.74. The molecule has 7 nitrogen and oxygen atoms in total. The zero-order valence-corrected chi connectivity index (χ0v) is 9.84. The van der Waals surface area contributed by atoms with Crippen LogP contribution in [0.2, 0.25) is 0 Å². The van der Waals surface area contributed by atoms with Gasteiger partial charge in [0.25, 0.3) is 11.6 Å². The second kappa shape index (κ2) is 5.26. The summed E-state index contributed by atoms with van der Waals surface area (Å²) in [6.45, 7) is 2.76. The van der Waals surface area contributed by atoms with Gasteiger partial charge in [0.1, 0.15) is 6.04 Å². The lowest BCUT2D eigenvalue weighted by atomic mass is 10.1. The Balaban J connectivity index is 3.04. The number of benzene rings is 1. The van der Waals surface area contributed by atoms with Crippen molar-refractivity contribution in [2.75, 3.05) is 0 Å². The fourth-order valence-electron chi connectivity index (χ4n) is 1.40. The van der Waals surface area contributed by atoms with E-state index in [-0.39, 0.29) is 16.8 Å². The van der Waals surface area contributed by atoms with E-state index in [0.717, 1.165) is 0 Å². The monoisotopic (exact) mass is 252 g/mol. The molecule has 0 bridgehead atoms. The standard InChI is InChI=1S/C11H12N2O5/c1-6-8(4-3-5-9(6)13(17)18)10(14)12-7(2)11(15)16/h3-5,7H,1-2H3,(H,12,14)(H,15,16)/t7-/m1/s1. The van der Waals surface area contributed by atoms with Gasteiger partial charge >= 0.3 is 5.97 Å². The van der Waals surface area contributed by atoms with Gasteiger partial charge in [-0.1, -0.05) is 6.07 Å². The van der Waals surface area contributed by atoms with Crippen molar-refractivity contribution >= 4 is 17.6 Å². The number of nitro benzene ring substituents is 1. The summed E-state index contributed by atoms with van der Waals surface area (Å²) < 4.78 is 0. The third-order valence-electron chi connectivity index (χ3n) is 2.46. The molecule has 0 saturated carbocycles. The maximum absolute atomic E-state index is 11.8. The van der Waals surface area contributed by atoms with E-state index in [1.54, 1.807) is 0 Å². The van der Waals surface area contributed by atoms with Crippen molar-refractivity contribution in [2.24, 2.45) is 0 Å². The number of amides is 1. The van der Waals surface area contributed by atoms with Gasteiger partial charge in [0.05, 0.1) is 4.92 Å². The lowest BCUT2D eigenvalue weighted by molar-refractivity contribution is -0.385. The molecule has 0 aliphatic heterocycles. The first-order chi connectivity index (χ1) is 8.34. The van der Waals surface area contributed by atoms with Crippen LogP contribution >= 0.6 is 0 Å². The van der Waals surface area contributed by atoms with Gasteiger partial charge in [0.15, 0.2) is 0 Å². The highest BCUT2D eigenvalue weighted by Crippen LogP contribution is 2.20. The number of carbonyl (C=O) groups is 2. The van der Waals surface area contributed by atoms with E-state index in [0.29, 0.717) is 0 Å². The first-order valence-electron chi connectivity index (χ1n) is 5.12. The normalized spacial score (nSPS) is 11.7. The predicted molar refractivity (Wildman–Crippen MR) is 62.4 cm³/mol. The van der Waals surface area contributed by atoms with E-state index in [2.05, 4.69) is 5.32 Å². The van der Waals surface area contributed by atoms with Gasteiger partial charge in [-0.3, -0.25) is 19.7 Å². The largest absolute Gasteiger partial charge is 0.480 e. The minimum absolute atomic E-state index is 0.0947. The minimum atomic E-state index is -1.17. The van der Waals surface area contributed by atoms with Crippen LogP contribution in [0.4, 0.5) is 5.69 Å². The lowest BCUT2D eigenvalue weighted by Gasteiger charge is -2.10. The molecule has 18 heavy (non-hydrogen) atoms. The second-order valence-corrected chi connectivity index (χ2v) is 3.74. The van der Waals surface area contributed by atoms with E-state index in [1.165, 1.54) is 32.0 Å². The van der Waals surface area contributed by atoms with Crippen molar-refractivity contribution in [1.82, 2.24) is 5.32 Å². The smallest absolute Gasteiger partial charge is 0.325 e. The Morgan fingerprint density at radius 3 is 2.56 bits per heavy atom. The fourth-order valence-corrected chi connectivity index (χ4v) is 1.40. The molecule has 1 atom stereocenters. The van der Waals surface area contributed by atoms with E-state index >= 15 is 0 Å². The van der Waals surface area contributed by atoms with Crippen molar-refractivity contribution in [2.45, 2.75) is 19.9 Å². The Morgan fingerprint density at radius 2 is 2.06 bits per heavy atom. The third kappa shape index (κ3) is 2.82. The van der Waals surface area contributed by atoms with Crippen LogP contribution in [-0.2, 0) is 4.79 Å². The molecule has 1 aromatic carbocycles. The number of carboxylic acid groups (broad SMARTS) is 1. The van der Waals surface area contributed by atoms with E-state index < -0.39 is 22.8 Å². The Hall–Kier alpha value is -2.44. The predicted octanol–water partition coefficient (Wildman–Crippen LogP) is 1.11. The number of aliphatic carboxylic acids is 1. The summed E-state index contributed by atoms with van der Waals surface area (Å²) in [7, 11) is 0. The fraction of sp³-hybridized carbons (Fsp3) is 0.273. The van der Waals surface area contributed by atoms with E-state index in [4.69, 9.17) is 5.11 Å². The zero-order chi connectivity index (χ0) is 13.9. The maximum atomic E-state index is 11.8. The van der Waals surface area contributed by atoms with Crippen LogP contribution in [0, 0.1) is 17.0 Å². The van der Waals surface area contributed by atoms with Crippen LogP contribution < -0.4 is 5.32 Å². The number of hydrogen-bond donors (Lipinski definition) is 2. The summed E-state index contributed by atoms with van der Waals surface area (Å²) in [5, 5.41) is 21.6. The van der Waals surface area contributed by atoms with Crippen molar-refractivity contribution in [3.05, 3.63) is 39.4 Å². The molecule has 2 N–H and O–H groups in total. The van der Waals surface area contributed by atoms with Crippen LogP contribution in [-0.4, -0.2) is 27.9 Å². The van der Waals surface area contributed by atoms with Crippen molar-refractivity contribution in [3.63, 3.8) is 0 Å². The highest BCUT2D eigenvalue weighted by atomic mass is 16.6. The number of nitro groups is 1. The number of rotatable bonds is 4. The van der Waals surface area contributed by atoms with Crippen LogP contribution in [0.1, 0.15) is 22.8 Å². The number of nitrogens with one attached hydrogen (secondary N) is 1. The van der Waals surface area contributed by atoms with Crippen LogP contribution in [0.25, 0.3) is 0 Å². The molecule has 0 saturated heterocycles. The Bertz CT molecular complexity index is 512. The molecule has 0 radical (unpaired) electrons. The molecule has 0 aliphatic rings. The van der Waals surface area contributed by atoms with E-state index in [1.807, 2.05) is 0 Å². The zero-order valence-electron chi connectivity index (χ0n) is 9.84. The molecular formula is C11H12N2O5. The molecule has 1 rings (SSSR count). The van der Waals surface area contributed by atoms with Gasteiger partial charge in [0.2, 0.25) is 0 Å². The Labute approximate surface area is 103 Å². The van der Waals surface area contributed by atoms with Crippen LogP contribution in [0.5, 0.6) is 0 Å². The lowest BCUT2D eigenvalue weighted by Crippen LogP contribution is -2.38. The van der Waals surface area contributed by atoms with Crippen molar-refractivity contribution < 1.29 is 19.6 Å². The third-order valence-corrected chi connectivity index (χ3v) is 2.46. The Kier molecular flexibility index (Phi) is 3.98. The average molecular weight is 252 g/mol. The molecule has 0 aromatic heterocycles. The number of nitrogens with zero attached hydrogens (tertiary/aromatic N) is 1. The van der Waals surface area contributed by atoms with Gasteiger partial charge in [-0.05, 0) is 19.9 Å². The molecule has 0 fully saturated rings. The summed E-state index contributed by atoms with van der Waals surface area (Å²) in [4.78, 5) is 32.5. The van der Waals surface area contributed by atoms with Crippen LogP contribution in [0.3, 0.4) is 0 Å². The maximum Gasteiger partial charge on any atom is 0.325 e. The number of carbonyl (C=O) groups excluding carboxylic acids is 1. The molecule has 0 heterocycles. The first kappa shape index (κ1) is 13.6. The Morgan fingerprint density at radius 1 is 1.44 bits per heavy atom. The molecule has 96 valence electrons. The minimum Gasteiger partial charge on any atom is -0.480 e. The van der Waals surface area contributed by atoms with Gasteiger partial charge in [-0.25, -0.2) is 0 Å². The topological polar surface area (TPSA) is 110 Å². The molecule has 0 spiro atoms. The summed E-state index contributed by atoms with van der Waals surface area (Å²) in [5.41, 5.74) is 0.125. The van der Waals surface area contributed by atoms with Gasteiger partial charge in [-0.2, -0.15) is 0 Å². The summed E-state index contributed by atoms with van der Waals surface area (Å²) in [6.07, 6.45) is 0. The van der Waals surface area contributed by atoms with E-state index in [9.17, 15) is 19.7 Å². The van der Waals surface area contributed by atoms with Crippen molar-refractivity contribution in [3.8, 4) is 0 Å².